The molecule has 0 aliphatic carbocycles. The van der Waals surface area contributed by atoms with E-state index in [1.807, 2.05) is 38.1 Å². The molecule has 4 heteroatoms. The SMILES string of the molecule is CNCC(=O)NC(C)(C)c1cccc(Cl)c1. The minimum atomic E-state index is -0.418. The number of benzene rings is 1. The lowest BCUT2D eigenvalue weighted by Gasteiger charge is -2.27. The number of carbonyl (C=O) groups is 1. The number of carbonyl (C=O) groups excluding carboxylic acids is 1. The Morgan fingerprint density at radius 3 is 2.69 bits per heavy atom. The Morgan fingerprint density at radius 1 is 1.44 bits per heavy atom. The van der Waals surface area contributed by atoms with E-state index in [0.29, 0.717) is 11.6 Å². The van der Waals surface area contributed by atoms with Crippen LogP contribution in [0.1, 0.15) is 19.4 Å². The van der Waals surface area contributed by atoms with Crippen LogP contribution in [-0.2, 0) is 10.3 Å². The van der Waals surface area contributed by atoms with Crippen LogP contribution >= 0.6 is 11.6 Å². The van der Waals surface area contributed by atoms with E-state index in [0.717, 1.165) is 5.56 Å². The van der Waals surface area contributed by atoms with E-state index in [1.165, 1.54) is 0 Å². The van der Waals surface area contributed by atoms with Gasteiger partial charge in [0, 0.05) is 5.02 Å². The highest BCUT2D eigenvalue weighted by atomic mass is 35.5. The van der Waals surface area contributed by atoms with Crippen molar-refractivity contribution in [1.82, 2.24) is 10.6 Å². The smallest absolute Gasteiger partial charge is 0.234 e. The molecule has 0 saturated carbocycles. The molecule has 2 N–H and O–H groups in total. The molecule has 0 aromatic heterocycles. The predicted molar refractivity (Wildman–Crippen MR) is 66.5 cm³/mol. The van der Waals surface area contributed by atoms with Gasteiger partial charge in [0.15, 0.2) is 0 Å². The molecule has 0 heterocycles. The fraction of sp³-hybridized carbons (Fsp3) is 0.417. The van der Waals surface area contributed by atoms with Gasteiger partial charge >= 0.3 is 0 Å². The molecule has 0 radical (unpaired) electrons. The maximum atomic E-state index is 11.5. The average molecular weight is 241 g/mol. The van der Waals surface area contributed by atoms with Crippen molar-refractivity contribution in [3.63, 3.8) is 0 Å². The Hall–Kier alpha value is -1.06. The molecule has 0 spiro atoms. The Balaban J connectivity index is 2.81. The first-order valence-electron chi connectivity index (χ1n) is 5.17. The minimum absolute atomic E-state index is 0.0347. The van der Waals surface area contributed by atoms with E-state index >= 15 is 0 Å². The molecule has 1 aromatic carbocycles. The molecule has 16 heavy (non-hydrogen) atoms. The number of halogens is 1. The summed E-state index contributed by atoms with van der Waals surface area (Å²) in [4.78, 5) is 11.5. The van der Waals surface area contributed by atoms with E-state index in [-0.39, 0.29) is 5.91 Å². The van der Waals surface area contributed by atoms with Gasteiger partial charge in [0.2, 0.25) is 5.91 Å². The molecule has 0 unspecified atom stereocenters. The van der Waals surface area contributed by atoms with Crippen LogP contribution < -0.4 is 10.6 Å². The largest absolute Gasteiger partial charge is 0.346 e. The van der Waals surface area contributed by atoms with Crippen molar-refractivity contribution in [2.75, 3.05) is 13.6 Å². The van der Waals surface area contributed by atoms with E-state index < -0.39 is 5.54 Å². The normalized spacial score (nSPS) is 11.2. The highest BCUT2D eigenvalue weighted by Gasteiger charge is 2.22. The molecule has 1 rings (SSSR count). The van der Waals surface area contributed by atoms with E-state index in [9.17, 15) is 4.79 Å². The van der Waals surface area contributed by atoms with Gasteiger partial charge in [0.1, 0.15) is 0 Å². The number of hydrogen-bond donors (Lipinski definition) is 2. The summed E-state index contributed by atoms with van der Waals surface area (Å²) in [5.74, 6) is -0.0347. The third-order valence-corrected chi connectivity index (χ3v) is 2.57. The lowest BCUT2D eigenvalue weighted by molar-refractivity contribution is -0.121. The highest BCUT2D eigenvalue weighted by Crippen LogP contribution is 2.22. The monoisotopic (exact) mass is 240 g/mol. The molecular weight excluding hydrogens is 224 g/mol. The Kier molecular flexibility index (Phi) is 4.33. The molecule has 3 nitrogen and oxygen atoms in total. The second-order valence-corrected chi connectivity index (χ2v) is 4.65. The molecule has 0 atom stereocenters. The van der Waals surface area contributed by atoms with Gasteiger partial charge in [-0.3, -0.25) is 4.79 Å². The molecule has 1 amide bonds. The summed E-state index contributed by atoms with van der Waals surface area (Å²) in [6.07, 6.45) is 0. The third-order valence-electron chi connectivity index (χ3n) is 2.34. The van der Waals surface area contributed by atoms with Gasteiger partial charge in [-0.15, -0.1) is 0 Å². The van der Waals surface area contributed by atoms with Crippen LogP contribution in [0.4, 0.5) is 0 Å². The average Bonchev–Trinajstić information content (AvgIpc) is 2.17. The molecule has 88 valence electrons. The second-order valence-electron chi connectivity index (χ2n) is 4.21. The Labute approximate surface area is 101 Å². The minimum Gasteiger partial charge on any atom is -0.346 e. The van der Waals surface area contributed by atoms with Crippen LogP contribution in [0.5, 0.6) is 0 Å². The summed E-state index contributed by atoms with van der Waals surface area (Å²) in [7, 11) is 1.74. The molecule has 0 bridgehead atoms. The van der Waals surface area contributed by atoms with E-state index in [4.69, 9.17) is 11.6 Å². The van der Waals surface area contributed by atoms with Gasteiger partial charge in [-0.05, 0) is 38.6 Å². The number of likely N-dealkylation sites (N-methyl/N-ethyl adjacent to an activating group) is 1. The van der Waals surface area contributed by atoms with Crippen LogP contribution in [0, 0.1) is 0 Å². The fourth-order valence-corrected chi connectivity index (χ4v) is 1.69. The van der Waals surface area contributed by atoms with Gasteiger partial charge in [-0.25, -0.2) is 0 Å². The van der Waals surface area contributed by atoms with Crippen LogP contribution in [-0.4, -0.2) is 19.5 Å². The summed E-state index contributed by atoms with van der Waals surface area (Å²) in [5.41, 5.74) is 0.572. The first-order valence-corrected chi connectivity index (χ1v) is 5.55. The number of hydrogen-bond acceptors (Lipinski definition) is 2. The van der Waals surface area contributed by atoms with Crippen molar-refractivity contribution in [2.45, 2.75) is 19.4 Å². The van der Waals surface area contributed by atoms with Crippen molar-refractivity contribution in [3.8, 4) is 0 Å². The van der Waals surface area contributed by atoms with Crippen LogP contribution in [0.3, 0.4) is 0 Å². The van der Waals surface area contributed by atoms with Gasteiger partial charge in [-0.1, -0.05) is 23.7 Å². The molecule has 0 saturated heterocycles. The van der Waals surface area contributed by atoms with Crippen molar-refractivity contribution in [1.29, 1.82) is 0 Å². The van der Waals surface area contributed by atoms with Crippen molar-refractivity contribution in [2.24, 2.45) is 0 Å². The second kappa shape index (κ2) is 5.32. The molecular formula is C12H17ClN2O. The van der Waals surface area contributed by atoms with Crippen molar-refractivity contribution >= 4 is 17.5 Å². The molecule has 0 aliphatic heterocycles. The summed E-state index contributed by atoms with van der Waals surface area (Å²) in [6, 6.07) is 7.51. The van der Waals surface area contributed by atoms with Crippen LogP contribution in [0.25, 0.3) is 0 Å². The third kappa shape index (κ3) is 3.51. The van der Waals surface area contributed by atoms with Crippen LogP contribution in [0.2, 0.25) is 5.02 Å². The summed E-state index contributed by atoms with van der Waals surface area (Å²) < 4.78 is 0. The lowest BCUT2D eigenvalue weighted by Crippen LogP contribution is -2.44. The summed E-state index contributed by atoms with van der Waals surface area (Å²) in [6.45, 7) is 4.21. The van der Waals surface area contributed by atoms with Crippen LogP contribution in [0.15, 0.2) is 24.3 Å². The lowest BCUT2D eigenvalue weighted by atomic mass is 9.94. The molecule has 1 aromatic rings. The zero-order valence-electron chi connectivity index (χ0n) is 9.80. The topological polar surface area (TPSA) is 41.1 Å². The Bertz CT molecular complexity index is 377. The predicted octanol–water partition coefficient (Wildman–Crippen LogP) is 1.91. The molecule has 0 fully saturated rings. The first kappa shape index (κ1) is 13.0. The fourth-order valence-electron chi connectivity index (χ4n) is 1.50. The van der Waals surface area contributed by atoms with E-state index in [1.54, 1.807) is 7.05 Å². The van der Waals surface area contributed by atoms with Gasteiger partial charge in [-0.2, -0.15) is 0 Å². The first-order chi connectivity index (χ1) is 7.45. The maximum Gasteiger partial charge on any atom is 0.234 e. The summed E-state index contributed by atoms with van der Waals surface area (Å²) in [5, 5.41) is 6.43. The zero-order valence-corrected chi connectivity index (χ0v) is 10.6. The quantitative estimate of drug-likeness (QED) is 0.844. The van der Waals surface area contributed by atoms with Gasteiger partial charge in [0.05, 0.1) is 12.1 Å². The number of nitrogens with one attached hydrogen (secondary N) is 2. The van der Waals surface area contributed by atoms with Gasteiger partial charge in [0.25, 0.3) is 0 Å². The number of amides is 1. The standard InChI is InChI=1S/C12H17ClN2O/c1-12(2,15-11(16)8-14-3)9-5-4-6-10(13)7-9/h4-7,14H,8H2,1-3H3,(H,15,16). The summed E-state index contributed by atoms with van der Waals surface area (Å²) >= 11 is 5.92. The Morgan fingerprint density at radius 2 is 2.12 bits per heavy atom. The molecule has 0 aliphatic rings. The van der Waals surface area contributed by atoms with Crippen molar-refractivity contribution < 1.29 is 4.79 Å². The number of rotatable bonds is 4. The van der Waals surface area contributed by atoms with E-state index in [2.05, 4.69) is 10.6 Å². The maximum absolute atomic E-state index is 11.5. The highest BCUT2D eigenvalue weighted by molar-refractivity contribution is 6.30. The van der Waals surface area contributed by atoms with Crippen molar-refractivity contribution in [3.05, 3.63) is 34.9 Å². The van der Waals surface area contributed by atoms with Gasteiger partial charge < -0.3 is 10.6 Å². The zero-order chi connectivity index (χ0) is 12.2.